The number of carbonyl (C=O) groups excluding carboxylic acids is 1. The molecule has 7 heteroatoms. The second-order valence-corrected chi connectivity index (χ2v) is 7.95. The van der Waals surface area contributed by atoms with Gasteiger partial charge in [0.1, 0.15) is 0 Å². The SMILES string of the molecule is O=C(NCCCOCC1CCCO1)NCC(c1cccs1)N1CCCC1. The molecule has 1 aromatic rings. The molecule has 146 valence electrons. The number of hydrogen-bond donors (Lipinski definition) is 2. The lowest BCUT2D eigenvalue weighted by molar-refractivity contribution is 0.0168. The number of hydrogen-bond acceptors (Lipinski definition) is 5. The molecular formula is C19H31N3O3S. The van der Waals surface area contributed by atoms with Crippen LogP contribution in [0.2, 0.25) is 0 Å². The van der Waals surface area contributed by atoms with E-state index in [0.717, 1.165) is 39.0 Å². The molecule has 2 saturated heterocycles. The zero-order chi connectivity index (χ0) is 18.0. The molecule has 3 heterocycles. The highest BCUT2D eigenvalue weighted by atomic mass is 32.1. The van der Waals surface area contributed by atoms with Crippen LogP contribution in [0.3, 0.4) is 0 Å². The fraction of sp³-hybridized carbons (Fsp3) is 0.737. The quantitative estimate of drug-likeness (QED) is 0.612. The van der Waals surface area contributed by atoms with Crippen molar-refractivity contribution in [3.63, 3.8) is 0 Å². The topological polar surface area (TPSA) is 62.8 Å². The van der Waals surface area contributed by atoms with E-state index >= 15 is 0 Å². The van der Waals surface area contributed by atoms with E-state index in [9.17, 15) is 4.79 Å². The molecule has 0 spiro atoms. The first-order chi connectivity index (χ1) is 12.8. The van der Waals surface area contributed by atoms with E-state index in [1.807, 2.05) is 0 Å². The summed E-state index contributed by atoms with van der Waals surface area (Å²) in [6.45, 7) is 5.71. The van der Waals surface area contributed by atoms with Crippen molar-refractivity contribution in [2.24, 2.45) is 0 Å². The standard InChI is InChI=1S/C19H31N3O3S/c23-19(20-8-5-11-24-15-16-6-3-12-25-16)21-14-17(18-7-4-13-26-18)22-9-1-2-10-22/h4,7,13,16-17H,1-3,5-6,8-12,14-15H2,(H2,20,21,23). The largest absolute Gasteiger partial charge is 0.379 e. The van der Waals surface area contributed by atoms with Gasteiger partial charge in [-0.3, -0.25) is 4.90 Å². The summed E-state index contributed by atoms with van der Waals surface area (Å²) < 4.78 is 11.1. The Bertz CT molecular complexity index is 514. The zero-order valence-corrected chi connectivity index (χ0v) is 16.3. The van der Waals surface area contributed by atoms with Gasteiger partial charge in [-0.1, -0.05) is 6.07 Å². The van der Waals surface area contributed by atoms with Crippen LogP contribution >= 0.6 is 11.3 Å². The molecule has 0 aromatic carbocycles. The van der Waals surface area contributed by atoms with Crippen LogP contribution in [0.1, 0.15) is 43.0 Å². The van der Waals surface area contributed by atoms with Crippen molar-refractivity contribution in [1.29, 1.82) is 0 Å². The summed E-state index contributed by atoms with van der Waals surface area (Å²) in [6.07, 6.45) is 5.83. The molecule has 0 bridgehead atoms. The molecule has 2 amide bonds. The van der Waals surface area contributed by atoms with Gasteiger partial charge in [-0.15, -0.1) is 11.3 Å². The molecule has 6 nitrogen and oxygen atoms in total. The van der Waals surface area contributed by atoms with Crippen LogP contribution in [0.15, 0.2) is 17.5 Å². The molecule has 3 rings (SSSR count). The first kappa shape index (κ1) is 19.6. The molecular weight excluding hydrogens is 350 g/mol. The summed E-state index contributed by atoms with van der Waals surface area (Å²) in [5.41, 5.74) is 0. The number of rotatable bonds is 10. The van der Waals surface area contributed by atoms with Crippen molar-refractivity contribution < 1.29 is 14.3 Å². The second kappa shape index (κ2) is 10.9. The molecule has 2 aliphatic rings. The third-order valence-corrected chi connectivity index (χ3v) is 5.96. The van der Waals surface area contributed by atoms with E-state index in [-0.39, 0.29) is 18.2 Å². The van der Waals surface area contributed by atoms with Crippen LogP contribution in [-0.2, 0) is 9.47 Å². The summed E-state index contributed by atoms with van der Waals surface area (Å²) in [5, 5.41) is 8.07. The minimum Gasteiger partial charge on any atom is -0.379 e. The molecule has 2 N–H and O–H groups in total. The Hall–Kier alpha value is -1.15. The number of ether oxygens (including phenoxy) is 2. The van der Waals surface area contributed by atoms with Gasteiger partial charge in [-0.05, 0) is 56.6 Å². The Kier molecular flexibility index (Phi) is 8.20. The normalized spacial score (nSPS) is 21.8. The molecule has 1 aromatic heterocycles. The Morgan fingerprint density at radius 1 is 1.35 bits per heavy atom. The van der Waals surface area contributed by atoms with Gasteiger partial charge in [0.05, 0.1) is 18.8 Å². The van der Waals surface area contributed by atoms with Crippen molar-refractivity contribution in [3.05, 3.63) is 22.4 Å². The number of likely N-dealkylation sites (tertiary alicyclic amines) is 1. The molecule has 2 fully saturated rings. The maximum atomic E-state index is 12.1. The van der Waals surface area contributed by atoms with Crippen LogP contribution < -0.4 is 10.6 Å². The molecule has 0 aliphatic carbocycles. The van der Waals surface area contributed by atoms with Gasteiger partial charge < -0.3 is 20.1 Å². The van der Waals surface area contributed by atoms with Crippen molar-refractivity contribution in [1.82, 2.24) is 15.5 Å². The number of thiophene rings is 1. The fourth-order valence-corrected chi connectivity index (χ4v) is 4.42. The number of urea groups is 1. The van der Waals surface area contributed by atoms with E-state index in [2.05, 4.69) is 33.0 Å². The van der Waals surface area contributed by atoms with Gasteiger partial charge in [0, 0.05) is 31.2 Å². The summed E-state index contributed by atoms with van der Waals surface area (Å²) in [7, 11) is 0. The predicted octanol–water partition coefficient (Wildman–Crippen LogP) is 2.77. The van der Waals surface area contributed by atoms with Crippen molar-refractivity contribution in [2.75, 3.05) is 46.0 Å². The molecule has 2 unspecified atom stereocenters. The van der Waals surface area contributed by atoms with Gasteiger partial charge in [0.2, 0.25) is 0 Å². The minimum absolute atomic E-state index is 0.0927. The molecule has 2 atom stereocenters. The number of nitrogens with zero attached hydrogens (tertiary/aromatic N) is 1. The zero-order valence-electron chi connectivity index (χ0n) is 15.5. The van der Waals surface area contributed by atoms with Crippen LogP contribution in [-0.4, -0.2) is 63.0 Å². The first-order valence-electron chi connectivity index (χ1n) is 9.81. The highest BCUT2D eigenvalue weighted by molar-refractivity contribution is 7.10. The number of amides is 2. The highest BCUT2D eigenvalue weighted by Crippen LogP contribution is 2.27. The van der Waals surface area contributed by atoms with E-state index in [1.54, 1.807) is 11.3 Å². The van der Waals surface area contributed by atoms with E-state index in [0.29, 0.717) is 26.3 Å². The van der Waals surface area contributed by atoms with E-state index in [1.165, 1.54) is 17.7 Å². The Balaban J connectivity index is 1.28. The minimum atomic E-state index is -0.0927. The maximum absolute atomic E-state index is 12.1. The smallest absolute Gasteiger partial charge is 0.314 e. The highest BCUT2D eigenvalue weighted by Gasteiger charge is 2.24. The average molecular weight is 382 g/mol. The lowest BCUT2D eigenvalue weighted by atomic mass is 10.2. The number of carbonyl (C=O) groups is 1. The lowest BCUT2D eigenvalue weighted by Gasteiger charge is -2.26. The summed E-state index contributed by atoms with van der Waals surface area (Å²) in [6, 6.07) is 4.45. The van der Waals surface area contributed by atoms with E-state index < -0.39 is 0 Å². The maximum Gasteiger partial charge on any atom is 0.314 e. The monoisotopic (exact) mass is 381 g/mol. The van der Waals surface area contributed by atoms with Gasteiger partial charge >= 0.3 is 6.03 Å². The fourth-order valence-electron chi connectivity index (χ4n) is 3.56. The summed E-state index contributed by atoms with van der Waals surface area (Å²) in [4.78, 5) is 15.9. The Morgan fingerprint density at radius 2 is 2.23 bits per heavy atom. The predicted molar refractivity (Wildman–Crippen MR) is 104 cm³/mol. The summed E-state index contributed by atoms with van der Waals surface area (Å²) >= 11 is 1.77. The van der Waals surface area contributed by atoms with Gasteiger partial charge in [-0.2, -0.15) is 0 Å². The molecule has 2 aliphatic heterocycles. The van der Waals surface area contributed by atoms with Gasteiger partial charge in [-0.25, -0.2) is 4.79 Å². The van der Waals surface area contributed by atoms with Crippen LogP contribution in [0.25, 0.3) is 0 Å². The van der Waals surface area contributed by atoms with E-state index in [4.69, 9.17) is 9.47 Å². The first-order valence-corrected chi connectivity index (χ1v) is 10.7. The molecule has 0 radical (unpaired) electrons. The third-order valence-electron chi connectivity index (χ3n) is 4.99. The second-order valence-electron chi connectivity index (χ2n) is 6.97. The van der Waals surface area contributed by atoms with Crippen LogP contribution in [0.5, 0.6) is 0 Å². The lowest BCUT2D eigenvalue weighted by Crippen LogP contribution is -2.41. The molecule has 0 saturated carbocycles. The average Bonchev–Trinajstić information content (AvgIpc) is 3.42. The third kappa shape index (κ3) is 6.23. The van der Waals surface area contributed by atoms with Gasteiger partial charge in [0.15, 0.2) is 0 Å². The van der Waals surface area contributed by atoms with Crippen molar-refractivity contribution >= 4 is 17.4 Å². The van der Waals surface area contributed by atoms with Crippen molar-refractivity contribution in [2.45, 2.75) is 44.2 Å². The Labute approximate surface area is 160 Å². The summed E-state index contributed by atoms with van der Waals surface area (Å²) in [5.74, 6) is 0. The van der Waals surface area contributed by atoms with Crippen molar-refractivity contribution in [3.8, 4) is 0 Å². The molecule has 26 heavy (non-hydrogen) atoms. The van der Waals surface area contributed by atoms with Crippen LogP contribution in [0, 0.1) is 0 Å². The van der Waals surface area contributed by atoms with Gasteiger partial charge in [0.25, 0.3) is 0 Å². The number of nitrogens with one attached hydrogen (secondary N) is 2. The Morgan fingerprint density at radius 3 is 2.96 bits per heavy atom. The van der Waals surface area contributed by atoms with Crippen LogP contribution in [0.4, 0.5) is 4.79 Å².